The van der Waals surface area contributed by atoms with Crippen LogP contribution in [0.1, 0.15) is 21.5 Å². The average Bonchev–Trinajstić information content (AvgIpc) is 2.72. The summed E-state index contributed by atoms with van der Waals surface area (Å²) in [5.41, 5.74) is 2.01. The summed E-state index contributed by atoms with van der Waals surface area (Å²) in [4.78, 5) is 12.0. The Morgan fingerprint density at radius 1 is 0.786 bits per heavy atom. The molecule has 3 aromatic carbocycles. The Labute approximate surface area is 173 Å². The summed E-state index contributed by atoms with van der Waals surface area (Å²) < 4.78 is 16.5. The van der Waals surface area contributed by atoms with E-state index in [-0.39, 0.29) is 13.2 Å². The third kappa shape index (κ3) is 5.18. The fourth-order valence-electron chi connectivity index (χ4n) is 2.53. The number of esters is 1. The Balaban J connectivity index is 1.79. The lowest BCUT2D eigenvalue weighted by molar-refractivity contribution is 0.0599. The maximum Gasteiger partial charge on any atom is 0.338 e. The highest BCUT2D eigenvalue weighted by molar-refractivity contribution is 6.31. The number of benzene rings is 3. The molecule has 0 aliphatic rings. The summed E-state index contributed by atoms with van der Waals surface area (Å²) in [6.45, 7) is 0.516. The Morgan fingerprint density at radius 2 is 1.25 bits per heavy atom. The minimum absolute atomic E-state index is 0.258. The molecule has 6 heteroatoms. The van der Waals surface area contributed by atoms with Crippen LogP contribution in [-0.2, 0) is 18.0 Å². The lowest BCUT2D eigenvalue weighted by atomic mass is 10.2. The highest BCUT2D eigenvalue weighted by Gasteiger charge is 2.12. The van der Waals surface area contributed by atoms with Gasteiger partial charge in [-0.3, -0.25) is 0 Å². The van der Waals surface area contributed by atoms with E-state index in [4.69, 9.17) is 37.4 Å². The molecule has 0 spiro atoms. The van der Waals surface area contributed by atoms with Gasteiger partial charge in [-0.2, -0.15) is 0 Å². The van der Waals surface area contributed by atoms with Crippen LogP contribution in [0, 0.1) is 0 Å². The third-order valence-corrected chi connectivity index (χ3v) is 4.74. The summed E-state index contributed by atoms with van der Waals surface area (Å²) in [7, 11) is 1.32. The van der Waals surface area contributed by atoms with Crippen molar-refractivity contribution in [2.24, 2.45) is 0 Å². The zero-order valence-electron chi connectivity index (χ0n) is 15.2. The maximum atomic E-state index is 12.0. The Kier molecular flexibility index (Phi) is 6.80. The first-order valence-corrected chi connectivity index (χ1v) is 9.28. The van der Waals surface area contributed by atoms with E-state index in [1.54, 1.807) is 30.3 Å². The standard InChI is InChI=1S/C22H18Cl2O4/c1-26-22(25)17-10-18(27-13-15-6-2-4-8-20(15)23)12-19(11-17)28-14-16-7-3-5-9-21(16)24/h2-12H,13-14H2,1H3. The first-order valence-electron chi connectivity index (χ1n) is 8.52. The molecule has 0 atom stereocenters. The number of rotatable bonds is 7. The zero-order chi connectivity index (χ0) is 19.9. The molecule has 0 radical (unpaired) electrons. The van der Waals surface area contributed by atoms with Gasteiger partial charge in [0.05, 0.1) is 12.7 Å². The molecular formula is C22H18Cl2O4. The van der Waals surface area contributed by atoms with Crippen LogP contribution < -0.4 is 9.47 Å². The summed E-state index contributed by atoms with van der Waals surface area (Å²) in [5.74, 6) is 0.458. The fraction of sp³-hybridized carbons (Fsp3) is 0.136. The molecule has 3 aromatic rings. The van der Waals surface area contributed by atoms with Crippen LogP contribution in [0.15, 0.2) is 66.7 Å². The Bertz CT molecular complexity index is 905. The van der Waals surface area contributed by atoms with Gasteiger partial charge in [-0.15, -0.1) is 0 Å². The lowest BCUT2D eigenvalue weighted by Crippen LogP contribution is -2.04. The van der Waals surface area contributed by atoms with Gasteiger partial charge < -0.3 is 14.2 Å². The van der Waals surface area contributed by atoms with Crippen LogP contribution >= 0.6 is 23.2 Å². The highest BCUT2D eigenvalue weighted by atomic mass is 35.5. The molecular weight excluding hydrogens is 399 g/mol. The molecule has 3 rings (SSSR count). The molecule has 0 unspecified atom stereocenters. The van der Waals surface area contributed by atoms with Crippen LogP contribution in [0.25, 0.3) is 0 Å². The average molecular weight is 417 g/mol. The lowest BCUT2D eigenvalue weighted by Gasteiger charge is -2.13. The second kappa shape index (κ2) is 9.49. The number of carbonyl (C=O) groups excluding carboxylic acids is 1. The van der Waals surface area contributed by atoms with Crippen molar-refractivity contribution >= 4 is 29.2 Å². The van der Waals surface area contributed by atoms with Gasteiger partial charge in [0.15, 0.2) is 0 Å². The molecule has 0 amide bonds. The predicted molar refractivity (Wildman–Crippen MR) is 109 cm³/mol. The van der Waals surface area contributed by atoms with Crippen molar-refractivity contribution < 1.29 is 19.0 Å². The van der Waals surface area contributed by atoms with Gasteiger partial charge in [0, 0.05) is 27.2 Å². The highest BCUT2D eigenvalue weighted by Crippen LogP contribution is 2.27. The van der Waals surface area contributed by atoms with Crippen molar-refractivity contribution in [3.05, 3.63) is 93.5 Å². The summed E-state index contributed by atoms with van der Waals surface area (Å²) in [6.07, 6.45) is 0. The number of methoxy groups -OCH3 is 1. The second-order valence-electron chi connectivity index (χ2n) is 5.94. The number of carbonyl (C=O) groups is 1. The van der Waals surface area contributed by atoms with Gasteiger partial charge in [-0.1, -0.05) is 59.6 Å². The van der Waals surface area contributed by atoms with Gasteiger partial charge in [0.1, 0.15) is 24.7 Å². The Morgan fingerprint density at radius 3 is 1.68 bits per heavy atom. The first-order chi connectivity index (χ1) is 13.6. The molecule has 0 saturated heterocycles. The van der Waals surface area contributed by atoms with E-state index in [1.807, 2.05) is 36.4 Å². The SMILES string of the molecule is COC(=O)c1cc(OCc2ccccc2Cl)cc(OCc2ccccc2Cl)c1. The van der Waals surface area contributed by atoms with E-state index >= 15 is 0 Å². The van der Waals surface area contributed by atoms with E-state index in [2.05, 4.69) is 0 Å². The largest absolute Gasteiger partial charge is 0.489 e. The minimum atomic E-state index is -0.481. The van der Waals surface area contributed by atoms with Gasteiger partial charge in [0.2, 0.25) is 0 Å². The van der Waals surface area contributed by atoms with E-state index in [1.165, 1.54) is 7.11 Å². The van der Waals surface area contributed by atoms with E-state index in [9.17, 15) is 4.79 Å². The van der Waals surface area contributed by atoms with Crippen LogP contribution in [0.4, 0.5) is 0 Å². The molecule has 28 heavy (non-hydrogen) atoms. The summed E-state index contributed by atoms with van der Waals surface area (Å²) in [6, 6.07) is 19.7. The molecule has 144 valence electrons. The summed E-state index contributed by atoms with van der Waals surface area (Å²) >= 11 is 12.3. The van der Waals surface area contributed by atoms with E-state index < -0.39 is 5.97 Å². The smallest absolute Gasteiger partial charge is 0.338 e. The number of hydrogen-bond donors (Lipinski definition) is 0. The minimum Gasteiger partial charge on any atom is -0.489 e. The summed E-state index contributed by atoms with van der Waals surface area (Å²) in [5, 5.41) is 1.23. The zero-order valence-corrected chi connectivity index (χ0v) is 16.7. The van der Waals surface area contributed by atoms with Crippen LogP contribution in [0.5, 0.6) is 11.5 Å². The van der Waals surface area contributed by atoms with Gasteiger partial charge in [0.25, 0.3) is 0 Å². The molecule has 0 fully saturated rings. The molecule has 0 heterocycles. The van der Waals surface area contributed by atoms with Crippen molar-refractivity contribution in [1.82, 2.24) is 0 Å². The molecule has 0 saturated carbocycles. The number of hydrogen-bond acceptors (Lipinski definition) is 4. The van der Waals surface area contributed by atoms with Crippen molar-refractivity contribution in [3.63, 3.8) is 0 Å². The van der Waals surface area contributed by atoms with Crippen LogP contribution in [0.3, 0.4) is 0 Å². The van der Waals surface area contributed by atoms with Crippen molar-refractivity contribution in [1.29, 1.82) is 0 Å². The number of halogens is 2. The molecule has 0 N–H and O–H groups in total. The first kappa shape index (κ1) is 20.1. The van der Waals surface area contributed by atoms with Crippen LogP contribution in [-0.4, -0.2) is 13.1 Å². The van der Waals surface area contributed by atoms with E-state index in [0.29, 0.717) is 27.1 Å². The molecule has 0 bridgehead atoms. The molecule has 0 aliphatic heterocycles. The monoisotopic (exact) mass is 416 g/mol. The van der Waals surface area contributed by atoms with Crippen molar-refractivity contribution in [2.75, 3.05) is 7.11 Å². The molecule has 0 aromatic heterocycles. The van der Waals surface area contributed by atoms with Gasteiger partial charge in [-0.25, -0.2) is 4.79 Å². The van der Waals surface area contributed by atoms with Crippen LogP contribution in [0.2, 0.25) is 10.0 Å². The topological polar surface area (TPSA) is 44.8 Å². The van der Waals surface area contributed by atoms with E-state index in [0.717, 1.165) is 11.1 Å². The second-order valence-corrected chi connectivity index (χ2v) is 6.76. The molecule has 4 nitrogen and oxygen atoms in total. The third-order valence-electron chi connectivity index (χ3n) is 4.01. The van der Waals surface area contributed by atoms with Crippen molar-refractivity contribution in [2.45, 2.75) is 13.2 Å². The Hall–Kier alpha value is -2.69. The quantitative estimate of drug-likeness (QED) is 0.447. The van der Waals surface area contributed by atoms with Crippen molar-refractivity contribution in [3.8, 4) is 11.5 Å². The number of ether oxygens (including phenoxy) is 3. The normalized spacial score (nSPS) is 10.4. The van der Waals surface area contributed by atoms with Gasteiger partial charge in [-0.05, 0) is 24.3 Å². The fourth-order valence-corrected chi connectivity index (χ4v) is 2.91. The predicted octanol–water partition coefficient (Wildman–Crippen LogP) is 5.94. The molecule has 0 aliphatic carbocycles. The maximum absolute atomic E-state index is 12.0. The van der Waals surface area contributed by atoms with Gasteiger partial charge >= 0.3 is 5.97 Å².